The van der Waals surface area contributed by atoms with Crippen LogP contribution in [-0.2, 0) is 0 Å². The summed E-state index contributed by atoms with van der Waals surface area (Å²) in [5, 5.41) is 0. The molecule has 1 aromatic rings. The van der Waals surface area contributed by atoms with Crippen LogP contribution in [0, 0.1) is 12.7 Å². The van der Waals surface area contributed by atoms with Gasteiger partial charge in [0.2, 0.25) is 0 Å². The number of likely N-dealkylation sites (N-methyl/N-ethyl adjacent to an activating group) is 1. The van der Waals surface area contributed by atoms with Crippen molar-refractivity contribution in [1.29, 1.82) is 0 Å². The third-order valence-electron chi connectivity index (χ3n) is 4.17. The topological polar surface area (TPSA) is 49.6 Å². The van der Waals surface area contributed by atoms with Crippen LogP contribution in [0.15, 0.2) is 12.1 Å². The zero-order valence-corrected chi connectivity index (χ0v) is 12.3. The van der Waals surface area contributed by atoms with Crippen LogP contribution in [0.4, 0.5) is 10.1 Å². The molecule has 1 atom stereocenters. The zero-order chi connectivity index (χ0) is 14.9. The van der Waals surface area contributed by atoms with E-state index < -0.39 is 5.82 Å². The fourth-order valence-corrected chi connectivity index (χ4v) is 2.58. The van der Waals surface area contributed by atoms with Gasteiger partial charge in [-0.05, 0) is 32.5 Å². The average Bonchev–Trinajstić information content (AvgIpc) is 2.44. The number of benzene rings is 1. The van der Waals surface area contributed by atoms with E-state index >= 15 is 0 Å². The number of carbonyl (C=O) groups excluding carboxylic acids is 1. The first-order valence-electron chi connectivity index (χ1n) is 6.99. The Bertz CT molecular complexity index is 495. The monoisotopic (exact) mass is 279 g/mol. The molecule has 1 fully saturated rings. The first-order valence-corrected chi connectivity index (χ1v) is 6.99. The summed E-state index contributed by atoms with van der Waals surface area (Å²) in [6.07, 6.45) is 0.991. The summed E-state index contributed by atoms with van der Waals surface area (Å²) >= 11 is 0. The average molecular weight is 279 g/mol. The molecule has 1 unspecified atom stereocenters. The van der Waals surface area contributed by atoms with Gasteiger partial charge in [0.15, 0.2) is 0 Å². The lowest BCUT2D eigenvalue weighted by molar-refractivity contribution is 0.0541. The van der Waals surface area contributed by atoms with Crippen LogP contribution in [0.1, 0.15) is 29.3 Å². The lowest BCUT2D eigenvalue weighted by atomic mass is 10.1. The Hall–Kier alpha value is -1.62. The third kappa shape index (κ3) is 2.77. The normalized spacial score (nSPS) is 20.2. The molecule has 1 aliphatic rings. The molecular formula is C15H22FN3O. The van der Waals surface area contributed by atoms with Crippen molar-refractivity contribution in [3.05, 3.63) is 29.1 Å². The Morgan fingerprint density at radius 2 is 2.15 bits per heavy atom. The third-order valence-corrected chi connectivity index (χ3v) is 4.17. The summed E-state index contributed by atoms with van der Waals surface area (Å²) in [7, 11) is 2.07. The molecule has 20 heavy (non-hydrogen) atoms. The standard InChI is InChI=1S/C15H22FN3O/c1-4-12-9-19(6-5-18(12)3)15(20)11-7-13(16)10(2)14(17)8-11/h7-8,12H,4-6,9,17H2,1-3H3. The molecule has 1 amide bonds. The lowest BCUT2D eigenvalue weighted by Crippen LogP contribution is -2.53. The number of anilines is 1. The number of hydrogen-bond donors (Lipinski definition) is 1. The predicted molar refractivity (Wildman–Crippen MR) is 78.2 cm³/mol. The molecule has 1 heterocycles. The Kier molecular flexibility index (Phi) is 4.28. The molecular weight excluding hydrogens is 257 g/mol. The summed E-state index contributed by atoms with van der Waals surface area (Å²) in [5.41, 5.74) is 6.81. The number of amides is 1. The van der Waals surface area contributed by atoms with Crippen molar-refractivity contribution in [2.75, 3.05) is 32.4 Å². The zero-order valence-electron chi connectivity index (χ0n) is 12.3. The Morgan fingerprint density at radius 1 is 1.45 bits per heavy atom. The van der Waals surface area contributed by atoms with Gasteiger partial charge in [-0.1, -0.05) is 6.92 Å². The van der Waals surface area contributed by atoms with Crippen LogP contribution in [0.5, 0.6) is 0 Å². The van der Waals surface area contributed by atoms with E-state index in [9.17, 15) is 9.18 Å². The highest BCUT2D eigenvalue weighted by atomic mass is 19.1. The van der Waals surface area contributed by atoms with Gasteiger partial charge in [-0.2, -0.15) is 0 Å². The minimum absolute atomic E-state index is 0.137. The van der Waals surface area contributed by atoms with Gasteiger partial charge in [-0.25, -0.2) is 4.39 Å². The van der Waals surface area contributed by atoms with E-state index in [1.165, 1.54) is 6.07 Å². The molecule has 5 heteroatoms. The smallest absolute Gasteiger partial charge is 0.254 e. The van der Waals surface area contributed by atoms with Gasteiger partial charge < -0.3 is 10.6 Å². The van der Waals surface area contributed by atoms with Gasteiger partial charge in [-0.15, -0.1) is 0 Å². The molecule has 4 nitrogen and oxygen atoms in total. The molecule has 1 aliphatic heterocycles. The Morgan fingerprint density at radius 3 is 2.75 bits per heavy atom. The van der Waals surface area contributed by atoms with Crippen LogP contribution >= 0.6 is 0 Å². The van der Waals surface area contributed by atoms with Crippen molar-refractivity contribution in [2.24, 2.45) is 0 Å². The molecule has 0 aromatic heterocycles. The van der Waals surface area contributed by atoms with Crippen molar-refractivity contribution in [2.45, 2.75) is 26.3 Å². The highest BCUT2D eigenvalue weighted by Crippen LogP contribution is 2.20. The molecule has 0 aliphatic carbocycles. The molecule has 110 valence electrons. The van der Waals surface area contributed by atoms with Crippen molar-refractivity contribution in [1.82, 2.24) is 9.80 Å². The minimum Gasteiger partial charge on any atom is -0.398 e. The van der Waals surface area contributed by atoms with Gasteiger partial charge in [-0.3, -0.25) is 9.69 Å². The van der Waals surface area contributed by atoms with Crippen molar-refractivity contribution in [3.8, 4) is 0 Å². The van der Waals surface area contributed by atoms with Crippen LogP contribution in [0.3, 0.4) is 0 Å². The van der Waals surface area contributed by atoms with Crippen molar-refractivity contribution in [3.63, 3.8) is 0 Å². The van der Waals surface area contributed by atoms with Crippen molar-refractivity contribution < 1.29 is 9.18 Å². The van der Waals surface area contributed by atoms with Crippen LogP contribution in [0.2, 0.25) is 0 Å². The number of carbonyl (C=O) groups is 1. The fourth-order valence-electron chi connectivity index (χ4n) is 2.58. The van der Waals surface area contributed by atoms with Gasteiger partial charge in [0.25, 0.3) is 5.91 Å². The van der Waals surface area contributed by atoms with E-state index in [2.05, 4.69) is 18.9 Å². The Labute approximate surface area is 119 Å². The summed E-state index contributed by atoms with van der Waals surface area (Å²) in [6.45, 7) is 5.91. The lowest BCUT2D eigenvalue weighted by Gasteiger charge is -2.39. The number of piperazine rings is 1. The number of rotatable bonds is 2. The summed E-state index contributed by atoms with van der Waals surface area (Å²) in [4.78, 5) is 16.5. The van der Waals surface area contributed by atoms with Gasteiger partial charge in [0, 0.05) is 42.5 Å². The predicted octanol–water partition coefficient (Wildman–Crippen LogP) is 1.88. The molecule has 0 spiro atoms. The molecule has 0 bridgehead atoms. The van der Waals surface area contributed by atoms with Crippen LogP contribution < -0.4 is 5.73 Å². The van der Waals surface area contributed by atoms with E-state index in [0.29, 0.717) is 35.9 Å². The van der Waals surface area contributed by atoms with Gasteiger partial charge in [0.1, 0.15) is 5.82 Å². The number of nitrogens with two attached hydrogens (primary N) is 1. The molecule has 0 radical (unpaired) electrons. The molecule has 2 rings (SSSR count). The van der Waals surface area contributed by atoms with Crippen LogP contribution in [-0.4, -0.2) is 48.4 Å². The second-order valence-corrected chi connectivity index (χ2v) is 5.47. The quantitative estimate of drug-likeness (QED) is 0.841. The summed E-state index contributed by atoms with van der Waals surface area (Å²) in [6, 6.07) is 3.22. The first kappa shape index (κ1) is 14.8. The second-order valence-electron chi connectivity index (χ2n) is 5.47. The van der Waals surface area contributed by atoms with E-state index in [4.69, 9.17) is 5.73 Å². The molecule has 2 N–H and O–H groups in total. The number of halogens is 1. The van der Waals surface area contributed by atoms with E-state index in [-0.39, 0.29) is 5.91 Å². The molecule has 0 saturated carbocycles. The number of hydrogen-bond acceptors (Lipinski definition) is 3. The highest BCUT2D eigenvalue weighted by Gasteiger charge is 2.27. The van der Waals surface area contributed by atoms with E-state index in [1.807, 2.05) is 0 Å². The second kappa shape index (κ2) is 5.79. The largest absolute Gasteiger partial charge is 0.398 e. The molecule has 1 aromatic carbocycles. The van der Waals surface area contributed by atoms with Crippen LogP contribution in [0.25, 0.3) is 0 Å². The minimum atomic E-state index is -0.422. The number of nitrogen functional groups attached to an aromatic ring is 1. The summed E-state index contributed by atoms with van der Waals surface area (Å²) in [5.74, 6) is -0.559. The van der Waals surface area contributed by atoms with Crippen molar-refractivity contribution >= 4 is 11.6 Å². The van der Waals surface area contributed by atoms with Gasteiger partial charge >= 0.3 is 0 Å². The first-order chi connectivity index (χ1) is 9.43. The SMILES string of the molecule is CCC1CN(C(=O)c2cc(N)c(C)c(F)c2)CCN1C. The Balaban J connectivity index is 2.19. The number of nitrogens with zero attached hydrogens (tertiary/aromatic N) is 2. The highest BCUT2D eigenvalue weighted by molar-refractivity contribution is 5.95. The maximum absolute atomic E-state index is 13.7. The maximum Gasteiger partial charge on any atom is 0.254 e. The van der Waals surface area contributed by atoms with E-state index in [0.717, 1.165) is 13.0 Å². The summed E-state index contributed by atoms with van der Waals surface area (Å²) < 4.78 is 13.7. The fraction of sp³-hybridized carbons (Fsp3) is 0.533. The molecule has 1 saturated heterocycles. The van der Waals surface area contributed by atoms with E-state index in [1.54, 1.807) is 17.9 Å². The maximum atomic E-state index is 13.7. The van der Waals surface area contributed by atoms with Gasteiger partial charge in [0.05, 0.1) is 0 Å².